The second-order valence-electron chi connectivity index (χ2n) is 4.76. The van der Waals surface area contributed by atoms with Crippen LogP contribution in [0.15, 0.2) is 24.3 Å². The van der Waals surface area contributed by atoms with Gasteiger partial charge in [0.2, 0.25) is 0 Å². The first-order chi connectivity index (χ1) is 10.1. The van der Waals surface area contributed by atoms with Crippen molar-refractivity contribution < 1.29 is 4.92 Å². The lowest BCUT2D eigenvalue weighted by Crippen LogP contribution is -2.08. The van der Waals surface area contributed by atoms with Gasteiger partial charge >= 0.3 is 0 Å². The standard InChI is InChI=1S/C15H18ClN3O2/c1-3-13-12(9-16)14(4-2)18(17-13)10-11-7-5-6-8-15(11)19(20)21/h5-8H,3-4,9-10H2,1-2H3. The van der Waals surface area contributed by atoms with E-state index in [4.69, 9.17) is 11.6 Å². The van der Waals surface area contributed by atoms with Gasteiger partial charge in [-0.05, 0) is 12.8 Å². The molecule has 0 aliphatic rings. The minimum absolute atomic E-state index is 0.125. The second-order valence-corrected chi connectivity index (χ2v) is 5.02. The van der Waals surface area contributed by atoms with Gasteiger partial charge in [0.1, 0.15) is 0 Å². The molecule has 0 atom stereocenters. The average Bonchev–Trinajstić information content (AvgIpc) is 2.84. The minimum atomic E-state index is -0.354. The molecule has 0 fully saturated rings. The molecule has 6 heteroatoms. The number of nitro groups is 1. The lowest BCUT2D eigenvalue weighted by molar-refractivity contribution is -0.385. The molecule has 0 aliphatic carbocycles. The van der Waals surface area contributed by atoms with Crippen LogP contribution in [0.3, 0.4) is 0 Å². The molecular formula is C15H18ClN3O2. The Balaban J connectivity index is 2.45. The molecule has 112 valence electrons. The number of hydrogen-bond donors (Lipinski definition) is 0. The Morgan fingerprint density at radius 1 is 1.29 bits per heavy atom. The normalized spacial score (nSPS) is 10.8. The van der Waals surface area contributed by atoms with E-state index in [1.54, 1.807) is 18.2 Å². The van der Waals surface area contributed by atoms with Gasteiger partial charge in [0.25, 0.3) is 5.69 Å². The first kappa shape index (κ1) is 15.5. The van der Waals surface area contributed by atoms with E-state index in [9.17, 15) is 10.1 Å². The molecule has 21 heavy (non-hydrogen) atoms. The zero-order chi connectivity index (χ0) is 15.4. The number of aryl methyl sites for hydroxylation is 1. The maximum absolute atomic E-state index is 11.1. The van der Waals surface area contributed by atoms with Gasteiger partial charge in [0.15, 0.2) is 0 Å². The Hall–Kier alpha value is -1.88. The third-order valence-corrected chi connectivity index (χ3v) is 3.83. The van der Waals surface area contributed by atoms with Crippen molar-refractivity contribution in [1.29, 1.82) is 0 Å². The van der Waals surface area contributed by atoms with Crippen molar-refractivity contribution in [1.82, 2.24) is 9.78 Å². The van der Waals surface area contributed by atoms with E-state index in [2.05, 4.69) is 5.10 Å². The summed E-state index contributed by atoms with van der Waals surface area (Å²) < 4.78 is 1.85. The van der Waals surface area contributed by atoms with Crippen LogP contribution < -0.4 is 0 Å². The van der Waals surface area contributed by atoms with E-state index in [0.717, 1.165) is 29.8 Å². The fourth-order valence-corrected chi connectivity index (χ4v) is 2.85. The van der Waals surface area contributed by atoms with Crippen molar-refractivity contribution in [2.24, 2.45) is 0 Å². The Labute approximate surface area is 128 Å². The van der Waals surface area contributed by atoms with Gasteiger partial charge in [0, 0.05) is 17.3 Å². The summed E-state index contributed by atoms with van der Waals surface area (Å²) in [6.45, 7) is 4.47. The first-order valence-electron chi connectivity index (χ1n) is 6.98. The molecule has 1 aromatic carbocycles. The van der Waals surface area contributed by atoms with E-state index in [-0.39, 0.29) is 10.6 Å². The highest BCUT2D eigenvalue weighted by atomic mass is 35.5. The molecule has 0 aliphatic heterocycles. The number of rotatable bonds is 6. The van der Waals surface area contributed by atoms with E-state index < -0.39 is 0 Å². The van der Waals surface area contributed by atoms with Crippen molar-refractivity contribution in [3.8, 4) is 0 Å². The molecular weight excluding hydrogens is 290 g/mol. The molecule has 1 aromatic heterocycles. The summed E-state index contributed by atoms with van der Waals surface area (Å²) in [6, 6.07) is 6.77. The molecule has 1 heterocycles. The van der Waals surface area contributed by atoms with Crippen molar-refractivity contribution in [2.45, 2.75) is 39.1 Å². The van der Waals surface area contributed by atoms with Crippen molar-refractivity contribution in [2.75, 3.05) is 0 Å². The van der Waals surface area contributed by atoms with E-state index >= 15 is 0 Å². The number of benzene rings is 1. The smallest absolute Gasteiger partial charge is 0.264 e. The average molecular weight is 308 g/mol. The van der Waals surface area contributed by atoms with Gasteiger partial charge in [-0.25, -0.2) is 0 Å². The van der Waals surface area contributed by atoms with Gasteiger partial charge in [-0.1, -0.05) is 32.0 Å². The van der Waals surface area contributed by atoms with E-state index in [1.807, 2.05) is 18.5 Å². The molecule has 0 N–H and O–H groups in total. The van der Waals surface area contributed by atoms with Gasteiger partial charge in [-0.2, -0.15) is 5.10 Å². The summed E-state index contributed by atoms with van der Waals surface area (Å²) >= 11 is 6.03. The number of nitrogens with zero attached hydrogens (tertiary/aromatic N) is 3. The van der Waals surface area contributed by atoms with Gasteiger partial charge in [-0.15, -0.1) is 11.6 Å². The van der Waals surface area contributed by atoms with Gasteiger partial charge in [0.05, 0.1) is 28.6 Å². The molecule has 0 unspecified atom stereocenters. The predicted molar refractivity (Wildman–Crippen MR) is 82.7 cm³/mol. The van der Waals surface area contributed by atoms with Gasteiger partial charge in [-0.3, -0.25) is 14.8 Å². The van der Waals surface area contributed by atoms with Crippen LogP contribution >= 0.6 is 11.6 Å². The lowest BCUT2D eigenvalue weighted by atomic mass is 10.1. The monoisotopic (exact) mass is 307 g/mol. The van der Waals surface area contributed by atoms with Crippen molar-refractivity contribution in [3.05, 3.63) is 56.9 Å². The van der Waals surface area contributed by atoms with E-state index in [0.29, 0.717) is 18.0 Å². The topological polar surface area (TPSA) is 61.0 Å². The van der Waals surface area contributed by atoms with Crippen LogP contribution in [0.2, 0.25) is 0 Å². The van der Waals surface area contributed by atoms with Crippen LogP contribution in [0.1, 0.15) is 36.4 Å². The predicted octanol–water partition coefficient (Wildman–Crippen LogP) is 3.70. The largest absolute Gasteiger partial charge is 0.274 e. The molecule has 0 radical (unpaired) electrons. The highest BCUT2D eigenvalue weighted by Crippen LogP contribution is 2.23. The van der Waals surface area contributed by atoms with Crippen LogP contribution in [-0.4, -0.2) is 14.7 Å². The third-order valence-electron chi connectivity index (χ3n) is 3.56. The van der Waals surface area contributed by atoms with E-state index in [1.165, 1.54) is 6.07 Å². The summed E-state index contributed by atoms with van der Waals surface area (Å²) in [5, 5.41) is 15.7. The lowest BCUT2D eigenvalue weighted by Gasteiger charge is -2.07. The molecule has 0 spiro atoms. The quantitative estimate of drug-likeness (QED) is 0.464. The van der Waals surface area contributed by atoms with Crippen LogP contribution in [0.25, 0.3) is 0 Å². The minimum Gasteiger partial charge on any atom is -0.264 e. The van der Waals surface area contributed by atoms with Crippen LogP contribution in [-0.2, 0) is 25.3 Å². The summed E-state index contributed by atoms with van der Waals surface area (Å²) in [6.07, 6.45) is 1.61. The fourth-order valence-electron chi connectivity index (χ4n) is 2.54. The number of nitro benzene ring substituents is 1. The Bertz CT molecular complexity index is 652. The summed E-state index contributed by atoms with van der Waals surface area (Å²) in [7, 11) is 0. The summed E-state index contributed by atoms with van der Waals surface area (Å²) in [5.41, 5.74) is 3.87. The van der Waals surface area contributed by atoms with Crippen molar-refractivity contribution >= 4 is 17.3 Å². The number of aromatic nitrogens is 2. The molecule has 0 amide bonds. The molecule has 2 aromatic rings. The van der Waals surface area contributed by atoms with Crippen molar-refractivity contribution in [3.63, 3.8) is 0 Å². The van der Waals surface area contributed by atoms with Crippen LogP contribution in [0.5, 0.6) is 0 Å². The summed E-state index contributed by atoms with van der Waals surface area (Å²) in [5.74, 6) is 0.420. The molecule has 0 saturated carbocycles. The first-order valence-corrected chi connectivity index (χ1v) is 7.51. The molecule has 5 nitrogen and oxygen atoms in total. The number of halogens is 1. The Kier molecular flexibility index (Phi) is 4.96. The molecule has 0 bridgehead atoms. The SMILES string of the molecule is CCc1nn(Cc2ccccc2[N+](=O)[O-])c(CC)c1CCl. The zero-order valence-electron chi connectivity index (χ0n) is 12.2. The van der Waals surface area contributed by atoms with Crippen LogP contribution in [0.4, 0.5) is 5.69 Å². The highest BCUT2D eigenvalue weighted by molar-refractivity contribution is 6.17. The highest BCUT2D eigenvalue weighted by Gasteiger charge is 2.18. The summed E-state index contributed by atoms with van der Waals surface area (Å²) in [4.78, 5) is 10.8. The van der Waals surface area contributed by atoms with Gasteiger partial charge < -0.3 is 0 Å². The number of para-hydroxylation sites is 1. The number of hydrogen-bond acceptors (Lipinski definition) is 3. The third kappa shape index (κ3) is 3.08. The Morgan fingerprint density at radius 2 is 2.00 bits per heavy atom. The van der Waals surface area contributed by atoms with Crippen LogP contribution in [0, 0.1) is 10.1 Å². The molecule has 2 rings (SSSR count). The fraction of sp³-hybridized carbons (Fsp3) is 0.400. The Morgan fingerprint density at radius 3 is 2.57 bits per heavy atom. The maximum Gasteiger partial charge on any atom is 0.274 e. The molecule has 0 saturated heterocycles. The zero-order valence-corrected chi connectivity index (χ0v) is 12.9. The number of alkyl halides is 1. The second kappa shape index (κ2) is 6.72. The maximum atomic E-state index is 11.1.